The predicted molar refractivity (Wildman–Crippen MR) is 85.0 cm³/mol. The van der Waals surface area contributed by atoms with E-state index in [0.29, 0.717) is 36.4 Å². The third kappa shape index (κ3) is 4.15. The van der Waals surface area contributed by atoms with Crippen LogP contribution in [0.2, 0.25) is 0 Å². The number of rotatable bonds is 5. The average molecular weight is 321 g/mol. The molecule has 1 aromatic carbocycles. The van der Waals surface area contributed by atoms with Crippen molar-refractivity contribution in [1.82, 2.24) is 4.90 Å². The fourth-order valence-electron chi connectivity index (χ4n) is 2.69. The molecule has 0 bridgehead atoms. The molecular formula is C17H23NO5. The number of carbonyl (C=O) groups excluding carboxylic acids is 1. The molecule has 126 valence electrons. The third-order valence-electron chi connectivity index (χ3n) is 3.84. The van der Waals surface area contributed by atoms with E-state index in [1.807, 2.05) is 13.8 Å². The van der Waals surface area contributed by atoms with Crippen LogP contribution < -0.4 is 9.47 Å². The van der Waals surface area contributed by atoms with Gasteiger partial charge in [-0.15, -0.1) is 0 Å². The second kappa shape index (κ2) is 7.35. The molecule has 0 aromatic heterocycles. The van der Waals surface area contributed by atoms with Gasteiger partial charge in [0.1, 0.15) is 11.5 Å². The van der Waals surface area contributed by atoms with E-state index in [1.54, 1.807) is 30.2 Å². The zero-order valence-electron chi connectivity index (χ0n) is 13.7. The lowest BCUT2D eigenvalue weighted by atomic mass is 9.97. The highest BCUT2D eigenvalue weighted by Gasteiger charge is 2.30. The number of carboxylic acids is 1. The van der Waals surface area contributed by atoms with Gasteiger partial charge < -0.3 is 19.5 Å². The van der Waals surface area contributed by atoms with Crippen LogP contribution in [0.1, 0.15) is 37.0 Å². The first-order valence-electron chi connectivity index (χ1n) is 7.79. The molecular weight excluding hydrogens is 298 g/mol. The molecule has 1 atom stereocenters. The van der Waals surface area contributed by atoms with E-state index in [4.69, 9.17) is 9.47 Å². The van der Waals surface area contributed by atoms with Gasteiger partial charge in [-0.2, -0.15) is 0 Å². The van der Waals surface area contributed by atoms with Gasteiger partial charge in [0.25, 0.3) is 5.91 Å². The molecule has 6 nitrogen and oxygen atoms in total. The van der Waals surface area contributed by atoms with Crippen molar-refractivity contribution in [2.75, 3.05) is 20.2 Å². The van der Waals surface area contributed by atoms with E-state index in [2.05, 4.69) is 0 Å². The summed E-state index contributed by atoms with van der Waals surface area (Å²) in [5.41, 5.74) is 0.436. The van der Waals surface area contributed by atoms with Crippen molar-refractivity contribution in [2.45, 2.75) is 32.8 Å². The lowest BCUT2D eigenvalue weighted by molar-refractivity contribution is -0.143. The molecule has 23 heavy (non-hydrogen) atoms. The summed E-state index contributed by atoms with van der Waals surface area (Å²) in [6, 6.07) is 5.06. The minimum Gasteiger partial charge on any atom is -0.497 e. The molecule has 1 saturated heterocycles. The highest BCUT2D eigenvalue weighted by atomic mass is 16.5. The largest absolute Gasteiger partial charge is 0.497 e. The summed E-state index contributed by atoms with van der Waals surface area (Å²) in [7, 11) is 1.55. The van der Waals surface area contributed by atoms with E-state index in [1.165, 1.54) is 0 Å². The fourth-order valence-corrected chi connectivity index (χ4v) is 2.69. The minimum absolute atomic E-state index is 0.0817. The lowest BCUT2D eigenvalue weighted by Gasteiger charge is -2.31. The molecule has 1 aliphatic rings. The second-order valence-electron chi connectivity index (χ2n) is 5.96. The van der Waals surface area contributed by atoms with Crippen LogP contribution in [0.15, 0.2) is 18.2 Å². The van der Waals surface area contributed by atoms with Gasteiger partial charge in [-0.1, -0.05) is 0 Å². The van der Waals surface area contributed by atoms with Crippen molar-refractivity contribution in [3.8, 4) is 11.5 Å². The van der Waals surface area contributed by atoms with Crippen molar-refractivity contribution in [2.24, 2.45) is 5.92 Å². The quantitative estimate of drug-likeness (QED) is 0.901. The number of methoxy groups -OCH3 is 1. The molecule has 0 radical (unpaired) electrons. The molecule has 6 heteroatoms. The summed E-state index contributed by atoms with van der Waals surface area (Å²) in [4.78, 5) is 25.6. The maximum Gasteiger partial charge on any atom is 0.308 e. The summed E-state index contributed by atoms with van der Waals surface area (Å²) in [6.45, 7) is 4.57. The van der Waals surface area contributed by atoms with Gasteiger partial charge in [-0.05, 0) is 38.8 Å². The summed E-state index contributed by atoms with van der Waals surface area (Å²) >= 11 is 0. The van der Waals surface area contributed by atoms with Gasteiger partial charge in [0.15, 0.2) is 0 Å². The van der Waals surface area contributed by atoms with E-state index < -0.39 is 11.9 Å². The number of likely N-dealkylation sites (tertiary alicyclic amines) is 1. The van der Waals surface area contributed by atoms with Crippen LogP contribution in [-0.4, -0.2) is 48.2 Å². The van der Waals surface area contributed by atoms with Crippen molar-refractivity contribution < 1.29 is 24.2 Å². The standard InChI is InChI=1S/C17H23NO5/c1-11(2)23-15-9-13(22-3)6-7-14(15)16(19)18-8-4-5-12(10-18)17(20)21/h6-7,9,11-12H,4-5,8,10H2,1-3H3,(H,20,21). The van der Waals surface area contributed by atoms with Crippen molar-refractivity contribution in [3.63, 3.8) is 0 Å². The normalized spacial score (nSPS) is 17.9. The van der Waals surface area contributed by atoms with Gasteiger partial charge in [0.2, 0.25) is 0 Å². The Bertz CT molecular complexity index is 584. The van der Waals surface area contributed by atoms with Crippen LogP contribution in [0.4, 0.5) is 0 Å². The Morgan fingerprint density at radius 3 is 2.70 bits per heavy atom. The van der Waals surface area contributed by atoms with Crippen LogP contribution in [-0.2, 0) is 4.79 Å². The Hall–Kier alpha value is -2.24. The van der Waals surface area contributed by atoms with E-state index >= 15 is 0 Å². The smallest absolute Gasteiger partial charge is 0.308 e. The van der Waals surface area contributed by atoms with E-state index in [-0.39, 0.29) is 18.6 Å². The summed E-state index contributed by atoms with van der Waals surface area (Å²) in [6.07, 6.45) is 1.22. The summed E-state index contributed by atoms with van der Waals surface area (Å²) in [5.74, 6) is -0.480. The van der Waals surface area contributed by atoms with Crippen LogP contribution in [0.25, 0.3) is 0 Å². The number of hydrogen-bond donors (Lipinski definition) is 1. The molecule has 1 amide bonds. The second-order valence-corrected chi connectivity index (χ2v) is 5.96. The maximum absolute atomic E-state index is 12.8. The molecule has 1 N–H and O–H groups in total. The molecule has 1 aliphatic heterocycles. The number of carbonyl (C=O) groups is 2. The van der Waals surface area contributed by atoms with Gasteiger partial charge >= 0.3 is 5.97 Å². The molecule has 1 aromatic rings. The predicted octanol–water partition coefficient (Wildman–Crippen LogP) is 2.42. The molecule has 2 rings (SSSR count). The van der Waals surface area contributed by atoms with E-state index in [9.17, 15) is 14.7 Å². The molecule has 1 heterocycles. The number of amides is 1. The Morgan fingerprint density at radius 2 is 2.09 bits per heavy atom. The highest BCUT2D eigenvalue weighted by molar-refractivity contribution is 5.97. The molecule has 0 aliphatic carbocycles. The number of nitrogens with zero attached hydrogens (tertiary/aromatic N) is 1. The number of ether oxygens (including phenoxy) is 2. The number of carboxylic acid groups (broad SMARTS) is 1. The van der Waals surface area contributed by atoms with Gasteiger partial charge in [0, 0.05) is 19.2 Å². The summed E-state index contributed by atoms with van der Waals surface area (Å²) < 4.78 is 10.9. The summed E-state index contributed by atoms with van der Waals surface area (Å²) in [5, 5.41) is 9.17. The molecule has 0 spiro atoms. The zero-order chi connectivity index (χ0) is 17.0. The zero-order valence-corrected chi connectivity index (χ0v) is 13.7. The molecule has 1 unspecified atom stereocenters. The van der Waals surface area contributed by atoms with Crippen LogP contribution in [0.5, 0.6) is 11.5 Å². The number of hydrogen-bond acceptors (Lipinski definition) is 4. The minimum atomic E-state index is -0.851. The Kier molecular flexibility index (Phi) is 5.47. The number of aliphatic carboxylic acids is 1. The number of piperidine rings is 1. The highest BCUT2D eigenvalue weighted by Crippen LogP contribution is 2.28. The van der Waals surface area contributed by atoms with Crippen molar-refractivity contribution in [1.29, 1.82) is 0 Å². The average Bonchev–Trinajstić information content (AvgIpc) is 2.53. The van der Waals surface area contributed by atoms with E-state index in [0.717, 1.165) is 0 Å². The van der Waals surface area contributed by atoms with Crippen molar-refractivity contribution in [3.05, 3.63) is 23.8 Å². The fraction of sp³-hybridized carbons (Fsp3) is 0.529. The first-order valence-corrected chi connectivity index (χ1v) is 7.79. The molecule has 0 saturated carbocycles. The topological polar surface area (TPSA) is 76.1 Å². The van der Waals surface area contributed by atoms with Gasteiger partial charge in [-0.3, -0.25) is 9.59 Å². The monoisotopic (exact) mass is 321 g/mol. The maximum atomic E-state index is 12.8. The van der Waals surface area contributed by atoms with Gasteiger partial charge in [0.05, 0.1) is 24.7 Å². The Morgan fingerprint density at radius 1 is 1.35 bits per heavy atom. The van der Waals surface area contributed by atoms with Gasteiger partial charge in [-0.25, -0.2) is 0 Å². The van der Waals surface area contributed by atoms with Crippen LogP contribution >= 0.6 is 0 Å². The van der Waals surface area contributed by atoms with Crippen LogP contribution in [0, 0.1) is 5.92 Å². The Balaban J connectivity index is 2.25. The third-order valence-corrected chi connectivity index (χ3v) is 3.84. The first kappa shape index (κ1) is 17.1. The van der Waals surface area contributed by atoms with Crippen LogP contribution in [0.3, 0.4) is 0 Å². The van der Waals surface area contributed by atoms with Crippen molar-refractivity contribution >= 4 is 11.9 Å². The first-order chi connectivity index (χ1) is 10.9. The Labute approximate surface area is 136 Å². The molecule has 1 fully saturated rings. The SMILES string of the molecule is COc1ccc(C(=O)N2CCCC(C(=O)O)C2)c(OC(C)C)c1. The number of benzene rings is 1. The lowest BCUT2D eigenvalue weighted by Crippen LogP contribution is -2.42.